The number of hydrogen-bond acceptors (Lipinski definition) is 4. The summed E-state index contributed by atoms with van der Waals surface area (Å²) in [4.78, 5) is 12.0. The van der Waals surface area contributed by atoms with Gasteiger partial charge < -0.3 is 14.9 Å². The van der Waals surface area contributed by atoms with Crippen LogP contribution >= 0.6 is 0 Å². The number of rotatable bonds is 6. The van der Waals surface area contributed by atoms with Gasteiger partial charge in [0, 0.05) is 12.7 Å². The number of esters is 1. The van der Waals surface area contributed by atoms with Crippen molar-refractivity contribution < 1.29 is 19.7 Å². The summed E-state index contributed by atoms with van der Waals surface area (Å²) in [6, 6.07) is 7.97. The molecule has 1 saturated carbocycles. The molecule has 0 saturated heterocycles. The van der Waals surface area contributed by atoms with E-state index in [1.54, 1.807) is 12.2 Å². The lowest BCUT2D eigenvalue weighted by atomic mass is 9.85. The van der Waals surface area contributed by atoms with Gasteiger partial charge in [-0.05, 0) is 67.2 Å². The van der Waals surface area contributed by atoms with Crippen molar-refractivity contribution in [3.63, 3.8) is 0 Å². The number of ether oxygens (including phenoxy) is 1. The van der Waals surface area contributed by atoms with Crippen LogP contribution in [0.25, 0.3) is 11.6 Å². The summed E-state index contributed by atoms with van der Waals surface area (Å²) < 4.78 is 5.54. The van der Waals surface area contributed by atoms with Crippen molar-refractivity contribution in [1.82, 2.24) is 0 Å². The molecular formula is C23H28O4. The van der Waals surface area contributed by atoms with Crippen LogP contribution in [-0.2, 0) is 9.53 Å². The molecule has 1 fully saturated rings. The number of hydrogen-bond donors (Lipinski definition) is 2. The van der Waals surface area contributed by atoms with Crippen LogP contribution in [0.15, 0.2) is 48.6 Å². The summed E-state index contributed by atoms with van der Waals surface area (Å²) in [5.74, 6) is 0.271. The van der Waals surface area contributed by atoms with Crippen LogP contribution in [0.4, 0.5) is 0 Å². The number of allylic oxidation sites excluding steroid dienone is 2. The highest BCUT2D eigenvalue weighted by molar-refractivity contribution is 5.87. The van der Waals surface area contributed by atoms with Gasteiger partial charge in [-0.3, -0.25) is 0 Å². The zero-order valence-electron chi connectivity index (χ0n) is 15.6. The van der Waals surface area contributed by atoms with E-state index in [2.05, 4.69) is 0 Å². The SMILES string of the molecule is O=C(/C=C/c1ccc(C2=CCC(O)C=C2)cc1)OC1CCC(CCO)CC1. The molecule has 27 heavy (non-hydrogen) atoms. The second kappa shape index (κ2) is 9.67. The molecule has 2 N–H and O–H groups in total. The highest BCUT2D eigenvalue weighted by atomic mass is 16.5. The fraction of sp³-hybridized carbons (Fsp3) is 0.435. The molecule has 0 amide bonds. The Bertz CT molecular complexity index is 706. The predicted molar refractivity (Wildman–Crippen MR) is 107 cm³/mol. The highest BCUT2D eigenvalue weighted by Gasteiger charge is 2.22. The maximum absolute atomic E-state index is 12.0. The molecular weight excluding hydrogens is 340 g/mol. The van der Waals surface area contributed by atoms with E-state index in [0.717, 1.165) is 48.8 Å². The predicted octanol–water partition coefficient (Wildman–Crippen LogP) is 3.89. The van der Waals surface area contributed by atoms with Crippen molar-refractivity contribution in [3.05, 3.63) is 59.7 Å². The molecule has 0 radical (unpaired) electrons. The summed E-state index contributed by atoms with van der Waals surface area (Å²) in [6.45, 7) is 0.242. The Morgan fingerprint density at radius 1 is 1.15 bits per heavy atom. The van der Waals surface area contributed by atoms with E-state index >= 15 is 0 Å². The van der Waals surface area contributed by atoms with Gasteiger partial charge in [0.25, 0.3) is 0 Å². The first-order valence-corrected chi connectivity index (χ1v) is 9.80. The topological polar surface area (TPSA) is 66.8 Å². The van der Waals surface area contributed by atoms with E-state index in [-0.39, 0.29) is 24.8 Å². The second-order valence-electron chi connectivity index (χ2n) is 7.37. The quantitative estimate of drug-likeness (QED) is 0.591. The highest BCUT2D eigenvalue weighted by Crippen LogP contribution is 2.28. The zero-order valence-corrected chi connectivity index (χ0v) is 15.6. The Kier molecular flexibility index (Phi) is 7.02. The third-order valence-electron chi connectivity index (χ3n) is 5.35. The first-order valence-electron chi connectivity index (χ1n) is 9.80. The standard InChI is InChI=1S/C23H28O4/c24-16-15-18-3-12-22(13-4-18)27-23(26)14-5-17-1-6-19(7-2-17)20-8-10-21(25)11-9-20/h1-2,5-10,14,18,21-22,24-25H,3-4,11-13,15-16H2/b14-5+. The van der Waals surface area contributed by atoms with Crippen molar-refractivity contribution in [2.24, 2.45) is 5.92 Å². The first kappa shape index (κ1) is 19.6. The third-order valence-corrected chi connectivity index (χ3v) is 5.35. The maximum atomic E-state index is 12.0. The lowest BCUT2D eigenvalue weighted by molar-refractivity contribution is -0.144. The Morgan fingerprint density at radius 3 is 2.52 bits per heavy atom. The lowest BCUT2D eigenvalue weighted by Crippen LogP contribution is -2.24. The van der Waals surface area contributed by atoms with E-state index in [9.17, 15) is 9.90 Å². The fourth-order valence-corrected chi connectivity index (χ4v) is 3.70. The summed E-state index contributed by atoms with van der Waals surface area (Å²) in [5.41, 5.74) is 3.15. The van der Waals surface area contributed by atoms with Gasteiger partial charge in [0.2, 0.25) is 0 Å². The average molecular weight is 368 g/mol. The largest absolute Gasteiger partial charge is 0.459 e. The van der Waals surface area contributed by atoms with Crippen LogP contribution < -0.4 is 0 Å². The van der Waals surface area contributed by atoms with Crippen LogP contribution in [0.3, 0.4) is 0 Å². The van der Waals surface area contributed by atoms with E-state index in [4.69, 9.17) is 9.84 Å². The molecule has 0 aliphatic heterocycles. The van der Waals surface area contributed by atoms with Crippen LogP contribution in [0.2, 0.25) is 0 Å². The number of carbonyl (C=O) groups is 1. The van der Waals surface area contributed by atoms with Crippen molar-refractivity contribution in [3.8, 4) is 0 Å². The van der Waals surface area contributed by atoms with Crippen molar-refractivity contribution in [1.29, 1.82) is 0 Å². The monoisotopic (exact) mass is 368 g/mol. The molecule has 1 aromatic carbocycles. The molecule has 2 aliphatic rings. The van der Waals surface area contributed by atoms with Gasteiger partial charge in [-0.2, -0.15) is 0 Å². The minimum atomic E-state index is -0.383. The minimum Gasteiger partial charge on any atom is -0.459 e. The number of carbonyl (C=O) groups excluding carboxylic acids is 1. The van der Waals surface area contributed by atoms with Crippen molar-refractivity contribution >= 4 is 17.6 Å². The fourth-order valence-electron chi connectivity index (χ4n) is 3.70. The second-order valence-corrected chi connectivity index (χ2v) is 7.37. The van der Waals surface area contributed by atoms with E-state index < -0.39 is 0 Å². The minimum absolute atomic E-state index is 0.000143. The Hall–Kier alpha value is -2.17. The van der Waals surface area contributed by atoms with E-state index in [0.29, 0.717) is 12.3 Å². The molecule has 4 nitrogen and oxygen atoms in total. The van der Waals surface area contributed by atoms with Gasteiger partial charge in [0.15, 0.2) is 0 Å². The average Bonchev–Trinajstić information content (AvgIpc) is 2.69. The number of aliphatic hydroxyl groups excluding tert-OH is 2. The van der Waals surface area contributed by atoms with E-state index in [1.807, 2.05) is 36.4 Å². The molecule has 1 unspecified atom stereocenters. The summed E-state index contributed by atoms with van der Waals surface area (Å²) in [7, 11) is 0. The molecule has 2 aliphatic carbocycles. The Labute approximate surface area is 160 Å². The first-order chi connectivity index (χ1) is 13.1. The smallest absolute Gasteiger partial charge is 0.331 e. The van der Waals surface area contributed by atoms with Gasteiger partial charge in [-0.1, -0.05) is 42.5 Å². The number of aliphatic hydroxyl groups is 2. The van der Waals surface area contributed by atoms with Gasteiger partial charge >= 0.3 is 5.97 Å². The summed E-state index contributed by atoms with van der Waals surface area (Å²) in [5, 5.41) is 18.5. The van der Waals surface area contributed by atoms with Crippen molar-refractivity contribution in [2.75, 3.05) is 6.61 Å². The Balaban J connectivity index is 1.48. The van der Waals surface area contributed by atoms with Crippen LogP contribution in [-0.4, -0.2) is 35.0 Å². The third kappa shape index (κ3) is 5.91. The Morgan fingerprint density at radius 2 is 1.89 bits per heavy atom. The van der Waals surface area contributed by atoms with Gasteiger partial charge in [-0.15, -0.1) is 0 Å². The van der Waals surface area contributed by atoms with Crippen molar-refractivity contribution in [2.45, 2.75) is 50.7 Å². The zero-order chi connectivity index (χ0) is 19.1. The summed E-state index contributed by atoms with van der Waals surface area (Å²) in [6.07, 6.45) is 14.0. The lowest BCUT2D eigenvalue weighted by Gasteiger charge is -2.27. The molecule has 144 valence electrons. The number of benzene rings is 1. The molecule has 0 heterocycles. The van der Waals surface area contributed by atoms with Crippen LogP contribution in [0.5, 0.6) is 0 Å². The molecule has 1 atom stereocenters. The molecule has 0 spiro atoms. The van der Waals surface area contributed by atoms with Gasteiger partial charge in [0.05, 0.1) is 6.10 Å². The van der Waals surface area contributed by atoms with Crippen LogP contribution in [0.1, 0.15) is 49.7 Å². The molecule has 0 aromatic heterocycles. The maximum Gasteiger partial charge on any atom is 0.331 e. The molecule has 0 bridgehead atoms. The summed E-state index contributed by atoms with van der Waals surface area (Å²) >= 11 is 0. The van der Waals surface area contributed by atoms with Gasteiger partial charge in [0.1, 0.15) is 6.10 Å². The normalized spacial score (nSPS) is 25.4. The van der Waals surface area contributed by atoms with E-state index in [1.165, 1.54) is 6.08 Å². The molecule has 4 heteroatoms. The molecule has 3 rings (SSSR count). The van der Waals surface area contributed by atoms with Crippen LogP contribution in [0, 0.1) is 5.92 Å². The molecule has 1 aromatic rings. The van der Waals surface area contributed by atoms with Gasteiger partial charge in [-0.25, -0.2) is 4.79 Å².